The van der Waals surface area contributed by atoms with Gasteiger partial charge in [-0.1, -0.05) is 262 Å². The van der Waals surface area contributed by atoms with E-state index in [1.165, 1.54) is 44.7 Å². The second-order valence-electron chi connectivity index (χ2n) is 28.1. The average molecular weight is 1980 g/mol. The summed E-state index contributed by atoms with van der Waals surface area (Å²) in [7, 11) is 13.0. The minimum Gasteiger partial charge on any atom is -0.0620 e. The summed E-state index contributed by atoms with van der Waals surface area (Å²) in [5, 5.41) is 30.6. The van der Waals surface area contributed by atoms with Gasteiger partial charge in [0.25, 0.3) is 23.5 Å². The molecular formula is C106H115B2Cl2N4O7P4Ru2+. The summed E-state index contributed by atoms with van der Waals surface area (Å²) >= 11 is 3.24. The first-order valence-corrected chi connectivity index (χ1v) is 51.5. The maximum atomic E-state index is 7.00. The molecule has 0 spiro atoms. The van der Waals surface area contributed by atoms with Gasteiger partial charge >= 0.3 is 54.0 Å². The molecular weight excluding hydrogens is 1860 g/mol. The number of ether oxygens (including phenoxy) is 5. The third-order valence-electron chi connectivity index (χ3n) is 19.4. The molecule has 11 nitrogen and oxygen atoms in total. The molecule has 656 valence electrons. The molecule has 1 saturated heterocycles. The van der Waals surface area contributed by atoms with Crippen LogP contribution in [0, 0.1) is 62.8 Å². The molecule has 0 aromatic heterocycles. The zero-order chi connectivity index (χ0) is 89.5. The molecule has 1 fully saturated rings. The molecule has 2 atom stereocenters. The Morgan fingerprint density at radius 1 is 0.299 bits per heavy atom. The molecule has 0 bridgehead atoms. The van der Waals surface area contributed by atoms with E-state index in [2.05, 4.69) is 333 Å². The van der Waals surface area contributed by atoms with Crippen molar-refractivity contribution in [1.82, 2.24) is 0 Å². The fourth-order valence-electron chi connectivity index (χ4n) is 13.6. The van der Waals surface area contributed by atoms with Crippen LogP contribution in [0.15, 0.2) is 411 Å². The van der Waals surface area contributed by atoms with E-state index in [-0.39, 0.29) is 15.8 Å². The van der Waals surface area contributed by atoms with Gasteiger partial charge in [-0.2, -0.15) is 0 Å². The van der Waals surface area contributed by atoms with E-state index in [0.29, 0.717) is 23.5 Å². The van der Waals surface area contributed by atoms with Crippen molar-refractivity contribution in [3.05, 3.63) is 463 Å². The van der Waals surface area contributed by atoms with Crippen LogP contribution in [0.1, 0.15) is 57.3 Å². The predicted molar refractivity (Wildman–Crippen MR) is 549 cm³/mol. The van der Waals surface area contributed by atoms with E-state index >= 15 is 0 Å². The van der Waals surface area contributed by atoms with Crippen LogP contribution in [0.4, 0.5) is 22.7 Å². The van der Waals surface area contributed by atoms with Gasteiger partial charge in [-0.25, -0.2) is 20.0 Å². The fraction of sp³-hybridized carbons (Fsp3) is 0.142. The van der Waals surface area contributed by atoms with Crippen molar-refractivity contribution < 1.29 is 68.5 Å². The number of benzene rings is 14. The van der Waals surface area contributed by atoms with Gasteiger partial charge in [-0.3, -0.25) is 0 Å². The maximum absolute atomic E-state index is 7.00. The second kappa shape index (κ2) is 59.2. The molecule has 0 aliphatic carbocycles. The molecule has 14 aromatic carbocycles. The number of halogens is 2. The third-order valence-corrected chi connectivity index (χ3v) is 26.2. The molecule has 2 N–H and O–H groups in total. The van der Waals surface area contributed by atoms with E-state index in [4.69, 9.17) is 33.9 Å². The smallest absolute Gasteiger partial charge is 0.0620 e. The Bertz CT molecular complexity index is 4770. The summed E-state index contributed by atoms with van der Waals surface area (Å²) in [4.78, 5) is 0. The van der Waals surface area contributed by atoms with Crippen molar-refractivity contribution in [2.24, 2.45) is 0 Å². The van der Waals surface area contributed by atoms with Gasteiger partial charge in [-0.05, 0) is 234 Å². The Labute approximate surface area is 792 Å². The van der Waals surface area contributed by atoms with Gasteiger partial charge in [0, 0.05) is 47.3 Å². The molecule has 3 aliphatic rings. The van der Waals surface area contributed by atoms with Crippen molar-refractivity contribution >= 4 is 122 Å². The van der Waals surface area contributed by atoms with Crippen molar-refractivity contribution in [2.45, 2.75) is 75.1 Å². The second-order valence-corrected chi connectivity index (χ2v) is 34.9. The summed E-state index contributed by atoms with van der Waals surface area (Å²) < 4.78 is 31.2. The molecule has 17 rings (SSSR count). The van der Waals surface area contributed by atoms with E-state index < -0.39 is 15.8 Å². The number of hydrazine groups is 2. The zero-order valence-electron chi connectivity index (χ0n) is 74.1. The number of aliphatic hydroxyl groups is 2. The monoisotopic (exact) mass is 1980 g/mol. The number of para-hydroxylation sites is 8. The van der Waals surface area contributed by atoms with Crippen LogP contribution in [0.5, 0.6) is 23.0 Å². The first-order chi connectivity index (χ1) is 61.4. The molecule has 4 radical (unpaired) electrons. The Morgan fingerprint density at radius 2 is 0.449 bits per heavy atom. The van der Waals surface area contributed by atoms with Crippen LogP contribution >= 0.6 is 52.3 Å². The fourth-order valence-corrected chi connectivity index (χ4v) is 18.8. The Hall–Kier alpha value is -9.92. The number of aliphatic hydroxyl groups excluding tert-OH is 2. The summed E-state index contributed by atoms with van der Waals surface area (Å²) in [6, 6.07) is 130. The topological polar surface area (TPSA) is 99.6 Å². The molecule has 127 heavy (non-hydrogen) atoms. The summed E-state index contributed by atoms with van der Waals surface area (Å²) in [6.45, 7) is 22.6. The van der Waals surface area contributed by atoms with Crippen LogP contribution in [-0.2, 0) is 39.4 Å². The van der Waals surface area contributed by atoms with Crippen LogP contribution in [0.25, 0.3) is 0 Å². The molecule has 0 amide bonds. The van der Waals surface area contributed by atoms with Crippen molar-refractivity contribution in [1.29, 1.82) is 0 Å². The Kier molecular flexibility index (Phi) is 49.4. The van der Waals surface area contributed by atoms with Gasteiger partial charge < -0.3 is 41.3 Å². The summed E-state index contributed by atoms with van der Waals surface area (Å²) in [5.74, 6) is 5.43. The van der Waals surface area contributed by atoms with Gasteiger partial charge in [0.2, 0.25) is 0 Å². The number of anilines is 4. The minimum atomic E-state index is -0.877. The standard InChI is InChI=1S/2C31H28N2O2.2C18H15P.C4H8O.CH6BP2.2CH4O.CH3.B.2ClH.2Ru.2H/c2*1-22-13-11-14-23(2)30(22)34-28-21-29(35-31-24(3)15-12-16-25(31)4)33(27-19-9-6-10-20-27)32(28)26-17-7-5-8-18-26;2*1-4-10-16(11-5-1)19(17-12-6-2-7-13-17)18-14-8-3-9-15-18;1-2-4-5-3-1;1-2-4-3;2*1-2;;;;;;;;/h2*5-20H,1-4H3;2*1-15H;1-4H2;4H,3H2,1H3;2*2H,1H3;1H3;;2*1H;;;;/q;;;;;;;;-1;;;;2*+1;;. The largest absolute Gasteiger partial charge is 0.102 e. The van der Waals surface area contributed by atoms with E-state index in [1.54, 1.807) is 34.6 Å². The zero-order valence-corrected chi connectivity index (χ0v) is 83.5. The Balaban J connectivity index is 0.000000252. The molecule has 3 heterocycles. The van der Waals surface area contributed by atoms with Crippen molar-refractivity contribution in [2.75, 3.05) is 47.5 Å². The minimum absolute atomic E-state index is 0. The van der Waals surface area contributed by atoms with Gasteiger partial charge in [0.05, 0.1) is 38.6 Å². The van der Waals surface area contributed by atoms with Crippen molar-refractivity contribution in [3.63, 3.8) is 0 Å². The molecule has 0 saturated carbocycles. The number of hydrogen-bond donors (Lipinski definition) is 2. The quantitative estimate of drug-likeness (QED) is 0.0350. The number of hydrogen-bond acceptors (Lipinski definition) is 11. The SMILES string of the molecule is C1CCOC1.CO.CO.C[B]PP.Cc1cccc(C)c1OC1=C=C(Oc2c(C)cccc2C)N(c2ccccc2)N1c1ccccc1.Cc1cccc(C)c1OC1=C=C(Oc2c(C)cccc2C)N(c2ccccc2)N1c1ccccc1.[B].[CH3-].[Cl][RuH].[Cl][RuH].c1ccc([PH+](c2ccccc2)c2ccccc2)cc1.c1ccc([PH+](c2ccccc2)c2ccccc2)cc1. The number of aryl methyl sites for hydroxylation is 8. The van der Waals surface area contributed by atoms with E-state index in [9.17, 15) is 0 Å². The summed E-state index contributed by atoms with van der Waals surface area (Å²) in [5.41, 5.74) is 19.1. The molecule has 3 aliphatic heterocycles. The first-order valence-electron chi connectivity index (χ1n) is 40.8. The third kappa shape index (κ3) is 31.2. The van der Waals surface area contributed by atoms with E-state index in [0.717, 1.165) is 126 Å². The van der Waals surface area contributed by atoms with Gasteiger partial charge in [0.15, 0.2) is 0 Å². The van der Waals surface area contributed by atoms with Crippen LogP contribution in [0.2, 0.25) is 6.82 Å². The molecule has 2 unspecified atom stereocenters. The van der Waals surface area contributed by atoms with Crippen LogP contribution < -0.4 is 70.8 Å². The average Bonchev–Trinajstić information content (AvgIpc) is 1.62. The molecule has 14 aromatic rings. The van der Waals surface area contributed by atoms with Crippen molar-refractivity contribution in [3.8, 4) is 23.0 Å². The Morgan fingerprint density at radius 3 is 0.583 bits per heavy atom. The number of rotatable bonds is 19. The predicted octanol–water partition coefficient (Wildman–Crippen LogP) is 23.6. The van der Waals surface area contributed by atoms with Gasteiger partial charge in [-0.15, -0.1) is 17.1 Å². The number of nitrogens with zero attached hydrogens (tertiary/aromatic N) is 4. The first kappa shape index (κ1) is 106. The normalized spacial score (nSPS) is 11.7. The van der Waals surface area contributed by atoms with Crippen LogP contribution in [-0.4, -0.2) is 53.1 Å². The van der Waals surface area contributed by atoms with Crippen LogP contribution in [0.3, 0.4) is 0 Å². The summed E-state index contributed by atoms with van der Waals surface area (Å²) in [6.07, 6.45) is 2.56. The van der Waals surface area contributed by atoms with E-state index in [1.807, 2.05) is 172 Å². The molecule has 21 heteroatoms. The maximum Gasteiger partial charge on any atom is 0.102 e. The van der Waals surface area contributed by atoms with Gasteiger partial charge in [0.1, 0.15) is 61.8 Å².